The molecule has 0 unspecified atom stereocenters. The summed E-state index contributed by atoms with van der Waals surface area (Å²) in [6.07, 6.45) is 5.14. The number of rotatable bonds is 5. The molecule has 7 heteroatoms. The molecule has 0 atom stereocenters. The Labute approximate surface area is 174 Å². The summed E-state index contributed by atoms with van der Waals surface area (Å²) in [7, 11) is 3.21. The number of methoxy groups -OCH3 is 2. The van der Waals surface area contributed by atoms with Crippen LogP contribution in [0.4, 0.5) is 0 Å². The molecule has 1 aliphatic heterocycles. The lowest BCUT2D eigenvalue weighted by Crippen LogP contribution is -2.38. The zero-order valence-electron chi connectivity index (χ0n) is 16.8. The quantitative estimate of drug-likeness (QED) is 0.701. The first-order valence-electron chi connectivity index (χ1n) is 9.89. The lowest BCUT2D eigenvalue weighted by Gasteiger charge is -2.29. The summed E-state index contributed by atoms with van der Waals surface area (Å²) in [5.74, 6) is 0.758. The van der Waals surface area contributed by atoms with Crippen molar-refractivity contribution in [2.75, 3.05) is 27.4 Å². The Morgan fingerprint density at radius 2 is 1.69 bits per heavy atom. The van der Waals surface area contributed by atoms with E-state index in [0.29, 0.717) is 29.5 Å². The Morgan fingerprint density at radius 3 is 2.41 bits per heavy atom. The summed E-state index contributed by atoms with van der Waals surface area (Å²) in [6.45, 7) is 0.829. The van der Waals surface area contributed by atoms with E-state index in [2.05, 4.69) is 0 Å². The average Bonchev–Trinajstić information content (AvgIpc) is 3.20. The van der Waals surface area contributed by atoms with Crippen LogP contribution >= 0.6 is 11.3 Å². The van der Waals surface area contributed by atoms with E-state index in [-0.39, 0.29) is 12.5 Å². The zero-order valence-corrected chi connectivity index (χ0v) is 17.6. The molecule has 0 bridgehead atoms. The molecule has 0 spiro atoms. The number of benzene rings is 1. The van der Waals surface area contributed by atoms with Gasteiger partial charge in [0.1, 0.15) is 4.88 Å². The maximum Gasteiger partial charge on any atom is 0.348 e. The summed E-state index contributed by atoms with van der Waals surface area (Å²) in [5, 5.41) is 0. The lowest BCUT2D eigenvalue weighted by molar-refractivity contribution is -0.135. The second-order valence-corrected chi connectivity index (χ2v) is 8.52. The third-order valence-electron chi connectivity index (χ3n) is 5.60. The van der Waals surface area contributed by atoms with Crippen molar-refractivity contribution < 1.29 is 23.8 Å². The molecule has 2 aromatic rings. The normalized spacial score (nSPS) is 15.3. The minimum atomic E-state index is -0.401. The van der Waals surface area contributed by atoms with Gasteiger partial charge in [0.2, 0.25) is 0 Å². The highest BCUT2D eigenvalue weighted by Crippen LogP contribution is 2.33. The van der Waals surface area contributed by atoms with Gasteiger partial charge in [-0.2, -0.15) is 0 Å². The van der Waals surface area contributed by atoms with Gasteiger partial charge in [0, 0.05) is 18.0 Å². The van der Waals surface area contributed by atoms with Crippen molar-refractivity contribution in [2.24, 2.45) is 0 Å². The van der Waals surface area contributed by atoms with Crippen LogP contribution in [0, 0.1) is 0 Å². The molecular weight excluding hydrogens is 390 g/mol. The molecule has 1 aliphatic carbocycles. The van der Waals surface area contributed by atoms with Gasteiger partial charge in [-0.15, -0.1) is 11.3 Å². The van der Waals surface area contributed by atoms with Crippen molar-refractivity contribution in [3.63, 3.8) is 0 Å². The van der Waals surface area contributed by atoms with E-state index in [1.54, 1.807) is 19.1 Å². The highest BCUT2D eigenvalue weighted by molar-refractivity contribution is 7.14. The van der Waals surface area contributed by atoms with Crippen molar-refractivity contribution in [1.29, 1.82) is 0 Å². The highest BCUT2D eigenvalue weighted by atomic mass is 32.1. The van der Waals surface area contributed by atoms with Crippen molar-refractivity contribution in [1.82, 2.24) is 4.90 Å². The van der Waals surface area contributed by atoms with Gasteiger partial charge in [0.15, 0.2) is 18.1 Å². The minimum Gasteiger partial charge on any atom is -0.493 e. The van der Waals surface area contributed by atoms with E-state index in [1.165, 1.54) is 34.6 Å². The third-order valence-corrected chi connectivity index (χ3v) is 6.81. The third kappa shape index (κ3) is 4.10. The molecule has 1 aromatic heterocycles. The number of esters is 1. The van der Waals surface area contributed by atoms with Crippen LogP contribution in [-0.2, 0) is 35.3 Å². The van der Waals surface area contributed by atoms with Crippen LogP contribution in [0.1, 0.15) is 44.1 Å². The van der Waals surface area contributed by atoms with Crippen LogP contribution in [0.15, 0.2) is 18.2 Å². The molecule has 0 radical (unpaired) electrons. The fraction of sp³-hybridized carbons (Fsp3) is 0.455. The van der Waals surface area contributed by atoms with Gasteiger partial charge < -0.3 is 19.1 Å². The molecule has 154 valence electrons. The summed E-state index contributed by atoms with van der Waals surface area (Å²) in [4.78, 5) is 28.6. The smallest absolute Gasteiger partial charge is 0.348 e. The summed E-state index contributed by atoms with van der Waals surface area (Å²) >= 11 is 1.50. The predicted molar refractivity (Wildman–Crippen MR) is 110 cm³/mol. The topological polar surface area (TPSA) is 65.1 Å². The standard InChI is InChI=1S/C22H25NO5S/c1-26-17-9-14-7-8-23(12-16(14)10-18(17)27-2)21(24)13-28-22(25)20-11-15-5-3-4-6-19(15)29-20/h9-11H,3-8,12-13H2,1-2H3. The average molecular weight is 416 g/mol. The van der Waals surface area contributed by atoms with Gasteiger partial charge >= 0.3 is 5.97 Å². The lowest BCUT2D eigenvalue weighted by atomic mass is 9.99. The molecule has 1 amide bonds. The van der Waals surface area contributed by atoms with Crippen LogP contribution in [0.3, 0.4) is 0 Å². The Balaban J connectivity index is 1.37. The first kappa shape index (κ1) is 19.8. The number of hydrogen-bond acceptors (Lipinski definition) is 6. The fourth-order valence-corrected chi connectivity index (χ4v) is 5.12. The van der Waals surface area contributed by atoms with E-state index < -0.39 is 5.97 Å². The van der Waals surface area contributed by atoms with Crippen LogP contribution in [0.5, 0.6) is 11.5 Å². The number of thiophene rings is 1. The molecule has 6 nitrogen and oxygen atoms in total. The number of fused-ring (bicyclic) bond motifs is 2. The summed E-state index contributed by atoms with van der Waals surface area (Å²) in [5.41, 5.74) is 3.43. The molecule has 0 N–H and O–H groups in total. The van der Waals surface area contributed by atoms with Crippen molar-refractivity contribution in [2.45, 2.75) is 38.6 Å². The highest BCUT2D eigenvalue weighted by Gasteiger charge is 2.24. The molecular formula is C22H25NO5S. The molecule has 2 heterocycles. The van der Waals surface area contributed by atoms with E-state index in [4.69, 9.17) is 14.2 Å². The SMILES string of the molecule is COc1cc2c(cc1OC)CN(C(=O)COC(=O)c1cc3c(s1)CCCC3)CC2. The first-order valence-corrected chi connectivity index (χ1v) is 10.7. The summed E-state index contributed by atoms with van der Waals surface area (Å²) < 4.78 is 16.0. The number of amides is 1. The maximum atomic E-state index is 12.6. The molecule has 4 rings (SSSR count). The Bertz CT molecular complexity index is 912. The van der Waals surface area contributed by atoms with Crippen LogP contribution < -0.4 is 9.47 Å². The number of hydrogen-bond donors (Lipinski definition) is 0. The van der Waals surface area contributed by atoms with Gasteiger partial charge in [-0.1, -0.05) is 0 Å². The van der Waals surface area contributed by atoms with Crippen molar-refractivity contribution >= 4 is 23.2 Å². The van der Waals surface area contributed by atoms with Crippen LogP contribution in [0.25, 0.3) is 0 Å². The van der Waals surface area contributed by atoms with E-state index in [9.17, 15) is 9.59 Å². The number of nitrogens with zero attached hydrogens (tertiary/aromatic N) is 1. The molecule has 0 fully saturated rings. The van der Waals surface area contributed by atoms with Gasteiger partial charge in [-0.05, 0) is 67.0 Å². The predicted octanol–water partition coefficient (Wildman–Crippen LogP) is 3.39. The van der Waals surface area contributed by atoms with Crippen LogP contribution in [-0.4, -0.2) is 44.1 Å². The van der Waals surface area contributed by atoms with Gasteiger partial charge in [0.05, 0.1) is 14.2 Å². The second kappa shape index (κ2) is 8.45. The summed E-state index contributed by atoms with van der Waals surface area (Å²) in [6, 6.07) is 5.81. The van der Waals surface area contributed by atoms with Crippen LogP contribution in [0.2, 0.25) is 0 Å². The Kier molecular flexibility index (Phi) is 5.76. The Morgan fingerprint density at radius 1 is 0.966 bits per heavy atom. The van der Waals surface area contributed by atoms with E-state index in [0.717, 1.165) is 30.4 Å². The first-order chi connectivity index (χ1) is 14.1. The monoisotopic (exact) mass is 415 g/mol. The molecule has 0 saturated carbocycles. The number of aryl methyl sites for hydroxylation is 2. The fourth-order valence-electron chi connectivity index (χ4n) is 3.98. The molecule has 2 aliphatic rings. The second-order valence-electron chi connectivity index (χ2n) is 7.38. The number of ether oxygens (including phenoxy) is 3. The molecule has 29 heavy (non-hydrogen) atoms. The largest absolute Gasteiger partial charge is 0.493 e. The maximum absolute atomic E-state index is 12.6. The number of carbonyl (C=O) groups is 2. The molecule has 0 saturated heterocycles. The van der Waals surface area contributed by atoms with Crippen molar-refractivity contribution in [3.8, 4) is 11.5 Å². The molecule has 1 aromatic carbocycles. The van der Waals surface area contributed by atoms with Gasteiger partial charge in [0.25, 0.3) is 5.91 Å². The van der Waals surface area contributed by atoms with Crippen molar-refractivity contribution in [3.05, 3.63) is 44.6 Å². The van der Waals surface area contributed by atoms with Gasteiger partial charge in [-0.25, -0.2) is 4.79 Å². The Hall–Kier alpha value is -2.54. The zero-order chi connectivity index (χ0) is 20.4. The minimum absolute atomic E-state index is 0.180. The number of carbonyl (C=O) groups excluding carboxylic acids is 2. The van der Waals surface area contributed by atoms with E-state index in [1.807, 2.05) is 18.2 Å². The van der Waals surface area contributed by atoms with Gasteiger partial charge in [-0.3, -0.25) is 4.79 Å². The van der Waals surface area contributed by atoms with E-state index >= 15 is 0 Å².